The Morgan fingerprint density at radius 3 is 2.78 bits per heavy atom. The first kappa shape index (κ1) is 13.8. The van der Waals surface area contributed by atoms with Crippen LogP contribution in [0.3, 0.4) is 0 Å². The van der Waals surface area contributed by atoms with Crippen molar-refractivity contribution in [1.82, 2.24) is 9.88 Å². The molecule has 0 aliphatic carbocycles. The van der Waals surface area contributed by atoms with Gasteiger partial charge < -0.3 is 5.11 Å². The van der Waals surface area contributed by atoms with Crippen LogP contribution in [-0.2, 0) is 0 Å². The van der Waals surface area contributed by atoms with Gasteiger partial charge in [0.25, 0.3) is 0 Å². The zero-order chi connectivity index (χ0) is 13.3. The Kier molecular flexibility index (Phi) is 4.29. The highest BCUT2D eigenvalue weighted by Crippen LogP contribution is 2.34. The highest BCUT2D eigenvalue weighted by molar-refractivity contribution is 7.99. The Morgan fingerprint density at radius 2 is 2.28 bits per heavy atom. The number of thiazole rings is 1. The maximum atomic E-state index is 11.3. The van der Waals surface area contributed by atoms with Crippen LogP contribution >= 0.6 is 23.1 Å². The van der Waals surface area contributed by atoms with Gasteiger partial charge in [-0.3, -0.25) is 4.90 Å². The van der Waals surface area contributed by atoms with E-state index >= 15 is 0 Å². The molecule has 0 saturated carbocycles. The summed E-state index contributed by atoms with van der Waals surface area (Å²) in [6.07, 6.45) is 0. The van der Waals surface area contributed by atoms with E-state index in [2.05, 4.69) is 16.9 Å². The lowest BCUT2D eigenvalue weighted by Gasteiger charge is -2.30. The molecule has 1 aliphatic rings. The van der Waals surface area contributed by atoms with Crippen LogP contribution in [0.1, 0.15) is 46.2 Å². The van der Waals surface area contributed by atoms with Crippen LogP contribution < -0.4 is 0 Å². The number of aromatic carboxylic acids is 1. The molecule has 2 heterocycles. The Balaban J connectivity index is 2.33. The number of hydrogen-bond acceptors (Lipinski definition) is 5. The summed E-state index contributed by atoms with van der Waals surface area (Å²) in [6.45, 7) is 5.02. The van der Waals surface area contributed by atoms with E-state index in [1.165, 1.54) is 11.3 Å². The summed E-state index contributed by atoms with van der Waals surface area (Å²) in [4.78, 5) is 18.5. The second kappa shape index (κ2) is 5.59. The monoisotopic (exact) mass is 286 g/mol. The highest BCUT2D eigenvalue weighted by atomic mass is 32.2. The van der Waals surface area contributed by atoms with E-state index in [4.69, 9.17) is 0 Å². The van der Waals surface area contributed by atoms with E-state index in [0.717, 1.165) is 28.8 Å². The summed E-state index contributed by atoms with van der Waals surface area (Å²) < 4.78 is 0. The molecule has 1 N–H and O–H groups in total. The van der Waals surface area contributed by atoms with Crippen molar-refractivity contribution in [1.29, 1.82) is 0 Å². The average molecular weight is 286 g/mol. The minimum absolute atomic E-state index is 0.155. The van der Waals surface area contributed by atoms with E-state index < -0.39 is 5.97 Å². The summed E-state index contributed by atoms with van der Waals surface area (Å²) in [6, 6.07) is 0.263. The maximum Gasteiger partial charge on any atom is 0.347 e. The maximum absolute atomic E-state index is 11.3. The van der Waals surface area contributed by atoms with E-state index in [-0.39, 0.29) is 12.0 Å². The van der Waals surface area contributed by atoms with Gasteiger partial charge in [0.05, 0.1) is 11.7 Å². The van der Waals surface area contributed by atoms with Crippen molar-refractivity contribution in [3.05, 3.63) is 15.6 Å². The lowest BCUT2D eigenvalue weighted by molar-refractivity contribution is 0.0700. The molecule has 1 aromatic heterocycles. The third-order valence-corrected chi connectivity index (χ3v) is 5.28. The number of carboxylic acids is 1. The Hall–Kier alpha value is -0.590. The molecule has 1 aliphatic heterocycles. The minimum atomic E-state index is -0.853. The first-order valence-electron chi connectivity index (χ1n) is 6.02. The lowest BCUT2D eigenvalue weighted by atomic mass is 10.1. The van der Waals surface area contributed by atoms with Crippen LogP contribution in [0.2, 0.25) is 0 Å². The average Bonchev–Trinajstić information content (AvgIpc) is 2.74. The van der Waals surface area contributed by atoms with E-state index in [1.54, 1.807) is 0 Å². The molecule has 0 aromatic carbocycles. The lowest BCUT2D eigenvalue weighted by Crippen LogP contribution is -2.32. The molecule has 18 heavy (non-hydrogen) atoms. The van der Waals surface area contributed by atoms with Crippen molar-refractivity contribution in [2.45, 2.75) is 25.8 Å². The largest absolute Gasteiger partial charge is 0.477 e. The van der Waals surface area contributed by atoms with E-state index in [1.807, 2.05) is 25.6 Å². The third-order valence-electron chi connectivity index (χ3n) is 3.09. The van der Waals surface area contributed by atoms with Gasteiger partial charge in [-0.25, -0.2) is 9.78 Å². The Bertz CT molecular complexity index is 445. The van der Waals surface area contributed by atoms with Crippen LogP contribution in [0.25, 0.3) is 0 Å². The summed E-state index contributed by atoms with van der Waals surface area (Å²) in [5, 5.41) is 10.2. The molecule has 1 fully saturated rings. The number of thioether (sulfide) groups is 1. The van der Waals surface area contributed by atoms with Gasteiger partial charge in [0.15, 0.2) is 0 Å². The normalized spacial score (nSPS) is 21.4. The summed E-state index contributed by atoms with van der Waals surface area (Å²) >= 11 is 3.25. The van der Waals surface area contributed by atoms with Crippen LogP contribution in [0.5, 0.6) is 0 Å². The molecule has 0 spiro atoms. The fraction of sp³-hybridized carbons (Fsp3) is 0.667. The molecular formula is C12H18N2O2S2. The smallest absolute Gasteiger partial charge is 0.347 e. The topological polar surface area (TPSA) is 53.4 Å². The third kappa shape index (κ3) is 2.70. The van der Waals surface area contributed by atoms with Crippen LogP contribution in [0.4, 0.5) is 0 Å². The number of hydrogen-bond donors (Lipinski definition) is 1. The zero-order valence-electron chi connectivity index (χ0n) is 10.8. The summed E-state index contributed by atoms with van der Waals surface area (Å²) in [5.41, 5.74) is 0.728. The van der Waals surface area contributed by atoms with Gasteiger partial charge >= 0.3 is 5.97 Å². The fourth-order valence-corrected chi connectivity index (χ4v) is 4.53. The molecule has 6 heteroatoms. The molecular weight excluding hydrogens is 268 g/mol. The molecule has 1 aromatic rings. The molecule has 100 valence electrons. The molecule has 0 radical (unpaired) electrons. The second-order valence-corrected chi connectivity index (χ2v) is 6.98. The van der Waals surface area contributed by atoms with Crippen LogP contribution in [-0.4, -0.2) is 46.1 Å². The number of carbonyl (C=O) groups is 1. The SMILES string of the molecule is CC(C)c1nc(C2CSCCN2C)sc1C(=O)O. The van der Waals surface area contributed by atoms with Gasteiger partial charge in [-0.05, 0) is 13.0 Å². The molecule has 4 nitrogen and oxygen atoms in total. The molecule has 1 unspecified atom stereocenters. The molecule has 2 rings (SSSR count). The molecule has 0 bridgehead atoms. The quantitative estimate of drug-likeness (QED) is 0.926. The van der Waals surface area contributed by atoms with Crippen molar-refractivity contribution in [2.75, 3.05) is 25.1 Å². The van der Waals surface area contributed by atoms with E-state index in [0.29, 0.717) is 4.88 Å². The van der Waals surface area contributed by atoms with Gasteiger partial charge in [0, 0.05) is 18.1 Å². The number of nitrogens with zero attached hydrogens (tertiary/aromatic N) is 2. The van der Waals surface area contributed by atoms with Crippen molar-refractivity contribution in [2.24, 2.45) is 0 Å². The first-order chi connectivity index (χ1) is 8.50. The molecule has 0 amide bonds. The van der Waals surface area contributed by atoms with Crippen molar-refractivity contribution >= 4 is 29.1 Å². The fourth-order valence-electron chi connectivity index (χ4n) is 1.98. The predicted molar refractivity (Wildman–Crippen MR) is 75.9 cm³/mol. The molecule has 1 saturated heterocycles. The van der Waals surface area contributed by atoms with Crippen molar-refractivity contribution in [3.63, 3.8) is 0 Å². The number of carboxylic acid groups (broad SMARTS) is 1. The van der Waals surface area contributed by atoms with Crippen molar-refractivity contribution < 1.29 is 9.90 Å². The minimum Gasteiger partial charge on any atom is -0.477 e. The Labute approximate surface area is 115 Å². The zero-order valence-corrected chi connectivity index (χ0v) is 12.5. The summed E-state index contributed by atoms with van der Waals surface area (Å²) in [7, 11) is 2.08. The first-order valence-corrected chi connectivity index (χ1v) is 7.99. The van der Waals surface area contributed by atoms with Gasteiger partial charge in [-0.1, -0.05) is 13.8 Å². The van der Waals surface area contributed by atoms with Crippen LogP contribution in [0.15, 0.2) is 0 Å². The van der Waals surface area contributed by atoms with Gasteiger partial charge in [0.1, 0.15) is 9.88 Å². The van der Waals surface area contributed by atoms with Gasteiger partial charge in [-0.2, -0.15) is 11.8 Å². The highest BCUT2D eigenvalue weighted by Gasteiger charge is 2.28. The second-order valence-electron chi connectivity index (χ2n) is 4.80. The van der Waals surface area contributed by atoms with Crippen molar-refractivity contribution in [3.8, 4) is 0 Å². The Morgan fingerprint density at radius 1 is 1.56 bits per heavy atom. The summed E-state index contributed by atoms with van der Waals surface area (Å²) in [5.74, 6) is 1.44. The standard InChI is InChI=1S/C12H18N2O2S2/c1-7(2)9-10(12(15)16)18-11(13-9)8-6-17-5-4-14(8)3/h7-8H,4-6H2,1-3H3,(H,15,16). The van der Waals surface area contributed by atoms with E-state index in [9.17, 15) is 9.90 Å². The molecule has 1 atom stereocenters. The number of rotatable bonds is 3. The van der Waals surface area contributed by atoms with Crippen LogP contribution in [0, 0.1) is 0 Å². The predicted octanol–water partition coefficient (Wildman–Crippen LogP) is 2.68. The van der Waals surface area contributed by atoms with Gasteiger partial charge in [0.2, 0.25) is 0 Å². The number of aromatic nitrogens is 1. The van der Waals surface area contributed by atoms with Gasteiger partial charge in [-0.15, -0.1) is 11.3 Å².